The van der Waals surface area contributed by atoms with Gasteiger partial charge in [0.05, 0.1) is 13.2 Å². The first-order valence-electron chi connectivity index (χ1n) is 7.56. The van der Waals surface area contributed by atoms with Crippen LogP contribution < -0.4 is 10.2 Å². The maximum atomic E-state index is 11.9. The van der Waals surface area contributed by atoms with Crippen LogP contribution in [0.3, 0.4) is 0 Å². The summed E-state index contributed by atoms with van der Waals surface area (Å²) in [5.74, 6) is 0.131. The van der Waals surface area contributed by atoms with Crippen molar-refractivity contribution in [3.05, 3.63) is 36.0 Å². The van der Waals surface area contributed by atoms with Gasteiger partial charge in [0.1, 0.15) is 13.1 Å². The van der Waals surface area contributed by atoms with Crippen LogP contribution in [0.1, 0.15) is 5.56 Å². The van der Waals surface area contributed by atoms with Crippen LogP contribution in [0.5, 0.6) is 0 Å². The normalized spacial score (nSPS) is 16.2. The van der Waals surface area contributed by atoms with Gasteiger partial charge in [0.2, 0.25) is 0 Å². The lowest BCUT2D eigenvalue weighted by Crippen LogP contribution is -3.15. The number of benzene rings is 1. The first-order valence-corrected chi connectivity index (χ1v) is 7.56. The van der Waals surface area contributed by atoms with E-state index in [1.165, 1.54) is 15.8 Å². The highest BCUT2D eigenvalue weighted by Gasteiger charge is 2.17. The monoisotopic (exact) mass is 288 g/mol. The number of fused-ring (bicyclic) bond motifs is 1. The van der Waals surface area contributed by atoms with Gasteiger partial charge in [0, 0.05) is 23.6 Å². The Balaban J connectivity index is 1.46. The maximum Gasteiger partial charge on any atom is 0.275 e. The Morgan fingerprint density at radius 1 is 1.29 bits per heavy atom. The first-order chi connectivity index (χ1) is 10.3. The molecular formula is C16H22N3O2+. The van der Waals surface area contributed by atoms with E-state index in [1.54, 1.807) is 0 Å². The highest BCUT2D eigenvalue weighted by Crippen LogP contribution is 2.17. The van der Waals surface area contributed by atoms with E-state index in [1.807, 2.05) is 18.3 Å². The predicted octanol–water partition coefficient (Wildman–Crippen LogP) is -0.258. The van der Waals surface area contributed by atoms with Crippen LogP contribution in [0, 0.1) is 0 Å². The van der Waals surface area contributed by atoms with E-state index in [2.05, 4.69) is 22.4 Å². The molecule has 21 heavy (non-hydrogen) atoms. The molecule has 0 bridgehead atoms. The number of ether oxygens (including phenoxy) is 1. The van der Waals surface area contributed by atoms with E-state index in [-0.39, 0.29) is 5.91 Å². The molecule has 2 aromatic rings. The molecule has 0 unspecified atom stereocenters. The lowest BCUT2D eigenvalue weighted by atomic mass is 10.1. The average molecular weight is 288 g/mol. The molecule has 0 aliphatic carbocycles. The van der Waals surface area contributed by atoms with Crippen LogP contribution in [-0.2, 0) is 16.0 Å². The molecule has 1 fully saturated rings. The average Bonchev–Trinajstić information content (AvgIpc) is 2.92. The molecule has 2 heterocycles. The molecule has 3 rings (SSSR count). The number of hydrogen-bond acceptors (Lipinski definition) is 2. The lowest BCUT2D eigenvalue weighted by molar-refractivity contribution is -0.900. The van der Waals surface area contributed by atoms with Crippen LogP contribution in [0.25, 0.3) is 10.9 Å². The van der Waals surface area contributed by atoms with Gasteiger partial charge in [-0.05, 0) is 18.1 Å². The summed E-state index contributed by atoms with van der Waals surface area (Å²) < 4.78 is 5.30. The number of para-hydroxylation sites is 1. The van der Waals surface area contributed by atoms with Crippen molar-refractivity contribution >= 4 is 16.8 Å². The zero-order chi connectivity index (χ0) is 14.5. The molecule has 0 saturated carbocycles. The zero-order valence-electron chi connectivity index (χ0n) is 12.2. The number of quaternary nitrogens is 1. The third-order valence-electron chi connectivity index (χ3n) is 4.00. The second-order valence-electron chi connectivity index (χ2n) is 5.50. The molecule has 0 atom stereocenters. The number of rotatable bonds is 5. The van der Waals surface area contributed by atoms with E-state index in [0.717, 1.165) is 38.2 Å². The van der Waals surface area contributed by atoms with Gasteiger partial charge in [0.15, 0.2) is 6.54 Å². The van der Waals surface area contributed by atoms with Crippen molar-refractivity contribution in [2.24, 2.45) is 0 Å². The van der Waals surface area contributed by atoms with Crippen molar-refractivity contribution in [3.8, 4) is 0 Å². The minimum absolute atomic E-state index is 0.131. The Labute approximate surface area is 124 Å². The third kappa shape index (κ3) is 3.62. The summed E-state index contributed by atoms with van der Waals surface area (Å²) in [6, 6.07) is 8.25. The number of carbonyl (C=O) groups is 1. The minimum Gasteiger partial charge on any atom is -0.370 e. The van der Waals surface area contributed by atoms with E-state index in [4.69, 9.17) is 4.74 Å². The summed E-state index contributed by atoms with van der Waals surface area (Å²) in [7, 11) is 0. The van der Waals surface area contributed by atoms with Crippen molar-refractivity contribution in [1.29, 1.82) is 0 Å². The number of hydrogen-bond donors (Lipinski definition) is 3. The molecule has 1 aliphatic heterocycles. The summed E-state index contributed by atoms with van der Waals surface area (Å²) in [4.78, 5) is 16.5. The van der Waals surface area contributed by atoms with Crippen LogP contribution in [0.4, 0.5) is 0 Å². The molecule has 112 valence electrons. The molecule has 0 spiro atoms. The highest BCUT2D eigenvalue weighted by molar-refractivity contribution is 5.83. The SMILES string of the molecule is O=C(C[NH+]1CCOCC1)NCCc1c[nH]c2ccccc12. The summed E-state index contributed by atoms with van der Waals surface area (Å²) in [6.07, 6.45) is 2.89. The Hall–Kier alpha value is -1.85. The standard InChI is InChI=1S/C16H21N3O2/c20-16(12-19-7-9-21-10-8-19)17-6-5-13-11-18-15-4-2-1-3-14(13)15/h1-4,11,18H,5-10,12H2,(H,17,20)/p+1. The molecule has 0 radical (unpaired) electrons. The van der Waals surface area contributed by atoms with Gasteiger partial charge in [-0.1, -0.05) is 18.2 Å². The second-order valence-corrected chi connectivity index (χ2v) is 5.50. The van der Waals surface area contributed by atoms with E-state index >= 15 is 0 Å². The quantitative estimate of drug-likeness (QED) is 0.710. The fourth-order valence-corrected chi connectivity index (χ4v) is 2.80. The zero-order valence-corrected chi connectivity index (χ0v) is 12.2. The summed E-state index contributed by atoms with van der Waals surface area (Å²) >= 11 is 0. The number of nitrogens with one attached hydrogen (secondary N) is 3. The van der Waals surface area contributed by atoms with Crippen molar-refractivity contribution in [3.63, 3.8) is 0 Å². The molecule has 1 aromatic heterocycles. The van der Waals surface area contributed by atoms with Crippen molar-refractivity contribution < 1.29 is 14.4 Å². The number of carbonyl (C=O) groups excluding carboxylic acids is 1. The van der Waals surface area contributed by atoms with Crippen molar-refractivity contribution in [2.45, 2.75) is 6.42 Å². The topological polar surface area (TPSA) is 58.6 Å². The predicted molar refractivity (Wildman–Crippen MR) is 81.4 cm³/mol. The Bertz CT molecular complexity index is 602. The number of amides is 1. The second kappa shape index (κ2) is 6.74. The third-order valence-corrected chi connectivity index (χ3v) is 4.00. The molecule has 3 N–H and O–H groups in total. The smallest absolute Gasteiger partial charge is 0.275 e. The van der Waals surface area contributed by atoms with E-state index in [0.29, 0.717) is 13.1 Å². The van der Waals surface area contributed by atoms with E-state index in [9.17, 15) is 4.79 Å². The number of morpholine rings is 1. The van der Waals surface area contributed by atoms with Crippen molar-refractivity contribution in [1.82, 2.24) is 10.3 Å². The first kappa shape index (κ1) is 14.1. The van der Waals surface area contributed by atoms with Crippen LogP contribution >= 0.6 is 0 Å². The number of H-pyrrole nitrogens is 1. The minimum atomic E-state index is 0.131. The van der Waals surface area contributed by atoms with Crippen LogP contribution in [0.2, 0.25) is 0 Å². The Morgan fingerprint density at radius 3 is 2.95 bits per heavy atom. The maximum absolute atomic E-state index is 11.9. The summed E-state index contributed by atoms with van der Waals surface area (Å²) in [6.45, 7) is 4.61. The molecule has 1 aliphatic rings. The van der Waals surface area contributed by atoms with Gasteiger partial charge >= 0.3 is 0 Å². The molecule has 5 heteroatoms. The summed E-state index contributed by atoms with van der Waals surface area (Å²) in [5.41, 5.74) is 2.40. The fraction of sp³-hybridized carbons (Fsp3) is 0.438. The lowest BCUT2D eigenvalue weighted by Gasteiger charge is -2.23. The van der Waals surface area contributed by atoms with Gasteiger partial charge in [-0.2, -0.15) is 0 Å². The van der Waals surface area contributed by atoms with Crippen molar-refractivity contribution in [2.75, 3.05) is 39.4 Å². The Morgan fingerprint density at radius 2 is 2.10 bits per heavy atom. The Kier molecular flexibility index (Phi) is 4.52. The molecule has 5 nitrogen and oxygen atoms in total. The molecule has 1 saturated heterocycles. The van der Waals surface area contributed by atoms with Gasteiger partial charge in [-0.15, -0.1) is 0 Å². The molecular weight excluding hydrogens is 266 g/mol. The number of aromatic amines is 1. The van der Waals surface area contributed by atoms with E-state index < -0.39 is 0 Å². The van der Waals surface area contributed by atoms with Crippen LogP contribution in [0.15, 0.2) is 30.5 Å². The van der Waals surface area contributed by atoms with Gasteiger partial charge < -0.3 is 19.9 Å². The van der Waals surface area contributed by atoms with Crippen LogP contribution in [-0.4, -0.2) is 50.3 Å². The fourth-order valence-electron chi connectivity index (χ4n) is 2.80. The van der Waals surface area contributed by atoms with Gasteiger partial charge in [-0.25, -0.2) is 0 Å². The highest BCUT2D eigenvalue weighted by atomic mass is 16.5. The largest absolute Gasteiger partial charge is 0.370 e. The number of aromatic nitrogens is 1. The van der Waals surface area contributed by atoms with Gasteiger partial charge in [0.25, 0.3) is 5.91 Å². The summed E-state index contributed by atoms with van der Waals surface area (Å²) in [5, 5.41) is 4.26. The van der Waals surface area contributed by atoms with Gasteiger partial charge in [-0.3, -0.25) is 4.79 Å². The molecule has 1 aromatic carbocycles. The molecule has 1 amide bonds.